The van der Waals surface area contributed by atoms with E-state index in [0.717, 1.165) is 34.4 Å². The Bertz CT molecular complexity index is 1260. The van der Waals surface area contributed by atoms with Crippen molar-refractivity contribution in [1.82, 2.24) is 4.57 Å². The molecule has 5 nitrogen and oxygen atoms in total. The highest BCUT2D eigenvalue weighted by Gasteiger charge is 2.11. The van der Waals surface area contributed by atoms with Crippen LogP contribution < -0.4 is 10.6 Å². The standard InChI is InChI=1S/C25H25N3O2S/c1-3-28-22-10-5-4-9-20(22)21-14-19(11-12-23(21)28)27-25(30)16-31-15-24(29)26-18-8-6-7-17(2)13-18/h4-14H,3,15-16H2,1-2H3,(H,26,29)(H,27,30). The fraction of sp³-hybridized carbons (Fsp3) is 0.200. The van der Waals surface area contributed by atoms with Gasteiger partial charge in [0.25, 0.3) is 0 Å². The number of hydrogen-bond acceptors (Lipinski definition) is 3. The number of benzene rings is 3. The zero-order chi connectivity index (χ0) is 21.8. The summed E-state index contributed by atoms with van der Waals surface area (Å²) in [6.45, 7) is 5.00. The molecule has 0 unspecified atom stereocenters. The molecule has 0 radical (unpaired) electrons. The number of rotatable bonds is 7. The number of nitrogens with zero attached hydrogens (tertiary/aromatic N) is 1. The Kier molecular flexibility index (Phi) is 6.28. The van der Waals surface area contributed by atoms with Crippen molar-refractivity contribution < 1.29 is 9.59 Å². The normalized spacial score (nSPS) is 11.0. The number of thioether (sulfide) groups is 1. The van der Waals surface area contributed by atoms with E-state index in [9.17, 15) is 9.59 Å². The van der Waals surface area contributed by atoms with E-state index in [1.165, 1.54) is 22.7 Å². The number of carbonyl (C=O) groups is 2. The zero-order valence-electron chi connectivity index (χ0n) is 17.6. The summed E-state index contributed by atoms with van der Waals surface area (Å²) in [5, 5.41) is 8.12. The minimum atomic E-state index is -0.119. The molecule has 0 spiro atoms. The lowest BCUT2D eigenvalue weighted by molar-refractivity contribution is -0.114. The Labute approximate surface area is 185 Å². The molecule has 2 amide bonds. The minimum Gasteiger partial charge on any atom is -0.341 e. The predicted octanol–water partition coefficient (Wildman–Crippen LogP) is 5.43. The molecular formula is C25H25N3O2S. The van der Waals surface area contributed by atoms with Gasteiger partial charge in [0.05, 0.1) is 11.5 Å². The lowest BCUT2D eigenvalue weighted by Crippen LogP contribution is -2.18. The molecule has 0 fully saturated rings. The first kappa shape index (κ1) is 21.0. The second-order valence-corrected chi connectivity index (χ2v) is 8.44. The molecule has 4 aromatic rings. The molecule has 0 atom stereocenters. The van der Waals surface area contributed by atoms with Crippen LogP contribution in [-0.2, 0) is 16.1 Å². The van der Waals surface area contributed by atoms with Crippen molar-refractivity contribution in [2.24, 2.45) is 0 Å². The highest BCUT2D eigenvalue weighted by molar-refractivity contribution is 8.00. The molecule has 0 saturated carbocycles. The van der Waals surface area contributed by atoms with Gasteiger partial charge in [-0.25, -0.2) is 0 Å². The molecule has 1 heterocycles. The van der Waals surface area contributed by atoms with Crippen molar-refractivity contribution in [2.45, 2.75) is 20.4 Å². The van der Waals surface area contributed by atoms with Crippen molar-refractivity contribution in [3.63, 3.8) is 0 Å². The van der Waals surface area contributed by atoms with Gasteiger partial charge in [0.2, 0.25) is 11.8 Å². The maximum absolute atomic E-state index is 12.4. The van der Waals surface area contributed by atoms with E-state index >= 15 is 0 Å². The topological polar surface area (TPSA) is 63.1 Å². The van der Waals surface area contributed by atoms with Gasteiger partial charge in [-0.15, -0.1) is 11.8 Å². The van der Waals surface area contributed by atoms with Gasteiger partial charge in [-0.2, -0.15) is 0 Å². The fourth-order valence-electron chi connectivity index (χ4n) is 3.83. The number of para-hydroxylation sites is 1. The highest BCUT2D eigenvalue weighted by atomic mass is 32.2. The van der Waals surface area contributed by atoms with E-state index < -0.39 is 0 Å². The van der Waals surface area contributed by atoms with E-state index in [1.54, 1.807) is 0 Å². The number of carbonyl (C=O) groups excluding carboxylic acids is 2. The fourth-order valence-corrected chi connectivity index (χ4v) is 4.44. The molecule has 0 aliphatic carbocycles. The Hall–Kier alpha value is -3.25. The molecular weight excluding hydrogens is 406 g/mol. The summed E-state index contributed by atoms with van der Waals surface area (Å²) < 4.78 is 2.28. The quantitative estimate of drug-likeness (QED) is 0.410. The summed E-state index contributed by atoms with van der Waals surface area (Å²) in [6, 6.07) is 22.0. The van der Waals surface area contributed by atoms with Crippen molar-refractivity contribution in [3.05, 3.63) is 72.3 Å². The van der Waals surface area contributed by atoms with Gasteiger partial charge >= 0.3 is 0 Å². The number of aryl methyl sites for hydroxylation is 2. The Morgan fingerprint density at radius 1 is 0.806 bits per heavy atom. The molecule has 31 heavy (non-hydrogen) atoms. The van der Waals surface area contributed by atoms with E-state index in [-0.39, 0.29) is 23.3 Å². The third-order valence-electron chi connectivity index (χ3n) is 5.14. The maximum atomic E-state index is 12.4. The second-order valence-electron chi connectivity index (χ2n) is 7.45. The second kappa shape index (κ2) is 9.27. The molecule has 2 N–H and O–H groups in total. The van der Waals surface area contributed by atoms with Crippen LogP contribution in [0.3, 0.4) is 0 Å². The van der Waals surface area contributed by atoms with Crippen molar-refractivity contribution in [1.29, 1.82) is 0 Å². The van der Waals surface area contributed by atoms with E-state index in [2.05, 4.69) is 40.3 Å². The number of fused-ring (bicyclic) bond motifs is 3. The summed E-state index contributed by atoms with van der Waals surface area (Å²) >= 11 is 1.30. The van der Waals surface area contributed by atoms with Gasteiger partial charge in [0.15, 0.2) is 0 Å². The summed E-state index contributed by atoms with van der Waals surface area (Å²) in [4.78, 5) is 24.5. The van der Waals surface area contributed by atoms with Crippen LogP contribution in [0.25, 0.3) is 21.8 Å². The van der Waals surface area contributed by atoms with Gasteiger partial charge in [0.1, 0.15) is 0 Å². The van der Waals surface area contributed by atoms with Crippen molar-refractivity contribution in [2.75, 3.05) is 22.1 Å². The first-order valence-corrected chi connectivity index (χ1v) is 11.5. The lowest BCUT2D eigenvalue weighted by atomic mass is 10.1. The monoisotopic (exact) mass is 431 g/mol. The van der Waals surface area contributed by atoms with Gasteiger partial charge in [-0.05, 0) is 55.8 Å². The van der Waals surface area contributed by atoms with Crippen LogP contribution in [0.2, 0.25) is 0 Å². The zero-order valence-corrected chi connectivity index (χ0v) is 18.5. The average molecular weight is 432 g/mol. The predicted molar refractivity (Wildman–Crippen MR) is 131 cm³/mol. The number of nitrogens with one attached hydrogen (secondary N) is 2. The Balaban J connectivity index is 1.36. The van der Waals surface area contributed by atoms with Crippen LogP contribution in [0.4, 0.5) is 11.4 Å². The molecule has 6 heteroatoms. The first-order valence-electron chi connectivity index (χ1n) is 10.3. The summed E-state index contributed by atoms with van der Waals surface area (Å²) in [5.41, 5.74) is 4.97. The SMILES string of the molecule is CCn1c2ccccc2c2cc(NC(=O)CSCC(=O)Nc3cccc(C)c3)ccc21. The van der Waals surface area contributed by atoms with Gasteiger partial charge in [0, 0.05) is 39.7 Å². The summed E-state index contributed by atoms with van der Waals surface area (Å²) in [5.74, 6) is 0.213. The number of aromatic nitrogens is 1. The van der Waals surface area contributed by atoms with E-state index in [0.29, 0.717) is 0 Å². The Morgan fingerprint density at radius 3 is 2.19 bits per heavy atom. The molecule has 0 saturated heterocycles. The third kappa shape index (κ3) is 4.75. The number of hydrogen-bond donors (Lipinski definition) is 2. The van der Waals surface area contributed by atoms with Gasteiger partial charge < -0.3 is 15.2 Å². The Morgan fingerprint density at radius 2 is 1.48 bits per heavy atom. The average Bonchev–Trinajstić information content (AvgIpc) is 3.07. The smallest absolute Gasteiger partial charge is 0.234 e. The molecule has 0 aliphatic heterocycles. The summed E-state index contributed by atoms with van der Waals surface area (Å²) in [7, 11) is 0. The minimum absolute atomic E-state index is 0.114. The van der Waals surface area contributed by atoms with Gasteiger partial charge in [-0.3, -0.25) is 9.59 Å². The van der Waals surface area contributed by atoms with Gasteiger partial charge in [-0.1, -0.05) is 30.3 Å². The lowest BCUT2D eigenvalue weighted by Gasteiger charge is -2.08. The van der Waals surface area contributed by atoms with E-state index in [1.807, 2.05) is 55.5 Å². The molecule has 158 valence electrons. The maximum Gasteiger partial charge on any atom is 0.234 e. The number of amides is 2. The van der Waals surface area contributed by atoms with Crippen LogP contribution in [0.5, 0.6) is 0 Å². The molecule has 4 rings (SSSR count). The molecule has 0 bridgehead atoms. The first-order chi connectivity index (χ1) is 15.0. The highest BCUT2D eigenvalue weighted by Crippen LogP contribution is 2.31. The largest absolute Gasteiger partial charge is 0.341 e. The van der Waals surface area contributed by atoms with Crippen molar-refractivity contribution >= 4 is 56.8 Å². The van der Waals surface area contributed by atoms with Crippen molar-refractivity contribution in [3.8, 4) is 0 Å². The van der Waals surface area contributed by atoms with Crippen LogP contribution in [0, 0.1) is 6.92 Å². The van der Waals surface area contributed by atoms with Crippen LogP contribution in [0.1, 0.15) is 12.5 Å². The van der Waals surface area contributed by atoms with Crippen LogP contribution >= 0.6 is 11.8 Å². The number of anilines is 2. The molecule has 0 aliphatic rings. The molecule has 1 aromatic heterocycles. The molecule has 3 aromatic carbocycles. The third-order valence-corrected chi connectivity index (χ3v) is 6.07. The van der Waals surface area contributed by atoms with Crippen LogP contribution in [0.15, 0.2) is 66.7 Å². The summed E-state index contributed by atoms with van der Waals surface area (Å²) in [6.07, 6.45) is 0. The van der Waals surface area contributed by atoms with E-state index in [4.69, 9.17) is 0 Å². The van der Waals surface area contributed by atoms with Crippen LogP contribution in [-0.4, -0.2) is 27.9 Å².